The van der Waals surface area contributed by atoms with Gasteiger partial charge in [-0.1, -0.05) is 30.3 Å². The van der Waals surface area contributed by atoms with Crippen LogP contribution in [-0.4, -0.2) is 20.4 Å². The average molecular weight is 300 g/mol. The lowest BCUT2D eigenvalue weighted by Crippen LogP contribution is -2.11. The number of aromatic nitrogens is 3. The van der Waals surface area contributed by atoms with E-state index in [-0.39, 0.29) is 6.04 Å². The number of benzene rings is 1. The Morgan fingerprint density at radius 3 is 2.71 bits per heavy atom. The van der Waals surface area contributed by atoms with Gasteiger partial charge in [-0.15, -0.1) is 11.6 Å². The normalized spacial score (nSPS) is 12.7. The maximum absolute atomic E-state index is 5.94. The van der Waals surface area contributed by atoms with Crippen molar-refractivity contribution < 1.29 is 0 Å². The topological polar surface area (TPSA) is 30.7 Å². The lowest BCUT2D eigenvalue weighted by atomic mass is 10.1. The lowest BCUT2D eigenvalue weighted by molar-refractivity contribution is 0.619. The van der Waals surface area contributed by atoms with Crippen LogP contribution in [0, 0.1) is 6.92 Å². The molecule has 0 bridgehead atoms. The number of imidazole rings is 1. The Hall–Kier alpha value is -1.87. The van der Waals surface area contributed by atoms with Gasteiger partial charge in [-0.3, -0.25) is 0 Å². The van der Waals surface area contributed by atoms with Crippen LogP contribution < -0.4 is 0 Å². The molecule has 0 aliphatic carbocycles. The Kier molecular flexibility index (Phi) is 3.93. The summed E-state index contributed by atoms with van der Waals surface area (Å²) in [5, 5.41) is 0. The minimum atomic E-state index is 0.185. The summed E-state index contributed by atoms with van der Waals surface area (Å²) in [6.45, 7) is 4.21. The van der Waals surface area contributed by atoms with Crippen LogP contribution in [0.4, 0.5) is 0 Å². The van der Waals surface area contributed by atoms with Gasteiger partial charge in [0.2, 0.25) is 0 Å². The van der Waals surface area contributed by atoms with Gasteiger partial charge in [0.25, 0.3) is 0 Å². The van der Waals surface area contributed by atoms with E-state index in [4.69, 9.17) is 16.6 Å². The second kappa shape index (κ2) is 5.86. The number of rotatable bonds is 4. The van der Waals surface area contributed by atoms with Crippen LogP contribution in [0.5, 0.6) is 0 Å². The number of aryl methyl sites for hydroxylation is 2. The van der Waals surface area contributed by atoms with Gasteiger partial charge in [-0.2, -0.15) is 0 Å². The first kappa shape index (κ1) is 14.1. The molecule has 3 aromatic rings. The van der Waals surface area contributed by atoms with Gasteiger partial charge in [-0.05, 0) is 31.0 Å². The van der Waals surface area contributed by atoms with Crippen LogP contribution >= 0.6 is 11.6 Å². The van der Waals surface area contributed by atoms with Gasteiger partial charge in [0, 0.05) is 18.5 Å². The van der Waals surface area contributed by atoms with E-state index < -0.39 is 0 Å². The molecule has 0 aliphatic rings. The predicted molar refractivity (Wildman–Crippen MR) is 86.9 cm³/mol. The molecule has 0 aliphatic heterocycles. The molecular weight excluding hydrogens is 282 g/mol. The molecule has 0 fully saturated rings. The maximum Gasteiger partial charge on any atom is 0.160 e. The predicted octanol–water partition coefficient (Wildman–Crippen LogP) is 4.13. The molecule has 4 heteroatoms. The Labute approximate surface area is 129 Å². The molecule has 21 heavy (non-hydrogen) atoms. The number of halogens is 1. The minimum Gasteiger partial charge on any atom is -0.305 e. The van der Waals surface area contributed by atoms with Gasteiger partial charge in [0.15, 0.2) is 5.65 Å². The molecule has 3 nitrogen and oxygen atoms in total. The third kappa shape index (κ3) is 2.66. The molecule has 1 unspecified atom stereocenters. The van der Waals surface area contributed by atoms with Crippen molar-refractivity contribution in [2.24, 2.45) is 0 Å². The smallest absolute Gasteiger partial charge is 0.160 e. The fourth-order valence-corrected chi connectivity index (χ4v) is 2.85. The summed E-state index contributed by atoms with van der Waals surface area (Å²) < 4.78 is 2.20. The first-order valence-corrected chi connectivity index (χ1v) is 7.68. The van der Waals surface area contributed by atoms with Crippen LogP contribution in [0.1, 0.15) is 29.9 Å². The standard InChI is InChI=1S/C17H18ClN3/c1-12-10-15-17(19-11-12)21(16(20-15)8-9-18)13(2)14-6-4-3-5-7-14/h3-7,10-11,13H,8-9H2,1-2H3. The van der Waals surface area contributed by atoms with E-state index in [0.717, 1.165) is 29.0 Å². The zero-order valence-electron chi connectivity index (χ0n) is 12.3. The summed E-state index contributed by atoms with van der Waals surface area (Å²) in [5.41, 5.74) is 4.24. The second-order valence-electron chi connectivity index (χ2n) is 5.28. The number of alkyl halides is 1. The second-order valence-corrected chi connectivity index (χ2v) is 5.66. The van der Waals surface area contributed by atoms with Crippen molar-refractivity contribution in [1.29, 1.82) is 0 Å². The molecule has 2 aromatic heterocycles. The monoisotopic (exact) mass is 299 g/mol. The minimum absolute atomic E-state index is 0.185. The van der Waals surface area contributed by atoms with E-state index in [2.05, 4.69) is 46.8 Å². The Balaban J connectivity index is 2.17. The molecule has 3 rings (SSSR count). The Morgan fingerprint density at radius 2 is 2.00 bits per heavy atom. The summed E-state index contributed by atoms with van der Waals surface area (Å²) in [6, 6.07) is 12.7. The van der Waals surface area contributed by atoms with E-state index in [1.165, 1.54) is 5.56 Å². The summed E-state index contributed by atoms with van der Waals surface area (Å²) in [7, 11) is 0. The highest BCUT2D eigenvalue weighted by Crippen LogP contribution is 2.25. The highest BCUT2D eigenvalue weighted by Gasteiger charge is 2.17. The van der Waals surface area contributed by atoms with Gasteiger partial charge in [0.1, 0.15) is 11.3 Å². The van der Waals surface area contributed by atoms with E-state index in [9.17, 15) is 0 Å². The molecule has 1 aromatic carbocycles. The van der Waals surface area contributed by atoms with Crippen molar-refractivity contribution in [1.82, 2.24) is 14.5 Å². The van der Waals surface area contributed by atoms with Crippen molar-refractivity contribution in [3.63, 3.8) is 0 Å². The van der Waals surface area contributed by atoms with E-state index >= 15 is 0 Å². The molecule has 2 heterocycles. The third-order valence-electron chi connectivity index (χ3n) is 3.73. The quantitative estimate of drug-likeness (QED) is 0.678. The average Bonchev–Trinajstić information content (AvgIpc) is 2.85. The number of hydrogen-bond acceptors (Lipinski definition) is 2. The van der Waals surface area contributed by atoms with Crippen molar-refractivity contribution in [3.8, 4) is 0 Å². The molecule has 1 atom stereocenters. The summed E-state index contributed by atoms with van der Waals surface area (Å²) >= 11 is 5.94. The zero-order valence-corrected chi connectivity index (χ0v) is 13.0. The first-order chi connectivity index (χ1) is 10.2. The van der Waals surface area contributed by atoms with Gasteiger partial charge < -0.3 is 4.57 Å². The highest BCUT2D eigenvalue weighted by atomic mass is 35.5. The van der Waals surface area contributed by atoms with Gasteiger partial charge in [0.05, 0.1) is 6.04 Å². The van der Waals surface area contributed by atoms with E-state index in [0.29, 0.717) is 5.88 Å². The van der Waals surface area contributed by atoms with Crippen LogP contribution in [0.15, 0.2) is 42.6 Å². The van der Waals surface area contributed by atoms with Crippen molar-refractivity contribution >= 4 is 22.8 Å². The fourth-order valence-electron chi connectivity index (χ4n) is 2.68. The molecule has 0 amide bonds. The van der Waals surface area contributed by atoms with Crippen LogP contribution in [0.2, 0.25) is 0 Å². The van der Waals surface area contributed by atoms with Crippen LogP contribution in [0.3, 0.4) is 0 Å². The molecule has 0 spiro atoms. The molecule has 0 radical (unpaired) electrons. The molecule has 0 N–H and O–H groups in total. The molecule has 0 saturated carbocycles. The summed E-state index contributed by atoms with van der Waals surface area (Å²) in [4.78, 5) is 9.31. The van der Waals surface area contributed by atoms with Crippen molar-refractivity contribution in [3.05, 3.63) is 59.5 Å². The van der Waals surface area contributed by atoms with Gasteiger partial charge >= 0.3 is 0 Å². The summed E-state index contributed by atoms with van der Waals surface area (Å²) in [6.07, 6.45) is 2.64. The maximum atomic E-state index is 5.94. The SMILES string of the molecule is Cc1cnc2c(c1)nc(CCCl)n2C(C)c1ccccc1. The molecular formula is C17H18ClN3. The largest absolute Gasteiger partial charge is 0.305 e. The van der Waals surface area contributed by atoms with E-state index in [1.807, 2.05) is 19.2 Å². The third-order valence-corrected chi connectivity index (χ3v) is 3.92. The van der Waals surface area contributed by atoms with Crippen molar-refractivity contribution in [2.45, 2.75) is 26.3 Å². The molecule has 0 saturated heterocycles. The summed E-state index contributed by atoms with van der Waals surface area (Å²) in [5.74, 6) is 1.55. The molecule has 108 valence electrons. The Bertz CT molecular complexity index is 749. The van der Waals surface area contributed by atoms with Crippen LogP contribution in [-0.2, 0) is 6.42 Å². The van der Waals surface area contributed by atoms with Crippen molar-refractivity contribution in [2.75, 3.05) is 5.88 Å². The first-order valence-electron chi connectivity index (χ1n) is 7.15. The van der Waals surface area contributed by atoms with Crippen LogP contribution in [0.25, 0.3) is 11.2 Å². The number of fused-ring (bicyclic) bond motifs is 1. The number of nitrogens with zero attached hydrogens (tertiary/aromatic N) is 3. The van der Waals surface area contributed by atoms with Gasteiger partial charge in [-0.25, -0.2) is 9.97 Å². The fraction of sp³-hybridized carbons (Fsp3) is 0.294. The lowest BCUT2D eigenvalue weighted by Gasteiger charge is -2.17. The number of pyridine rings is 1. The Morgan fingerprint density at radius 1 is 1.24 bits per heavy atom. The number of hydrogen-bond donors (Lipinski definition) is 0. The zero-order chi connectivity index (χ0) is 14.8. The highest BCUT2D eigenvalue weighted by molar-refractivity contribution is 6.17. The van der Waals surface area contributed by atoms with E-state index in [1.54, 1.807) is 0 Å².